The molecule has 5 nitrogen and oxygen atoms in total. The summed E-state index contributed by atoms with van der Waals surface area (Å²) in [5, 5.41) is 12.5. The molecule has 0 unspecified atom stereocenters. The number of halogens is 2. The Kier molecular flexibility index (Phi) is 6.67. The number of methoxy groups -OCH3 is 1. The lowest BCUT2D eigenvalue weighted by Gasteiger charge is -2.16. The SMILES string of the molecule is COc1ccc(C[C@@H](CC(=O)O)C(=O)Nc2ccc(Cl)c(Cl)c2)cc1. The van der Waals surface area contributed by atoms with Crippen LogP contribution in [0.5, 0.6) is 5.75 Å². The van der Waals surface area contributed by atoms with Gasteiger partial charge in [-0.25, -0.2) is 0 Å². The number of rotatable bonds is 7. The van der Waals surface area contributed by atoms with Crippen LogP contribution < -0.4 is 10.1 Å². The predicted octanol–water partition coefficient (Wildman–Crippen LogP) is 4.27. The van der Waals surface area contributed by atoms with Crippen LogP contribution in [0, 0.1) is 5.92 Å². The van der Waals surface area contributed by atoms with Gasteiger partial charge in [-0.15, -0.1) is 0 Å². The van der Waals surface area contributed by atoms with E-state index < -0.39 is 17.8 Å². The molecule has 0 spiro atoms. The van der Waals surface area contributed by atoms with E-state index in [1.54, 1.807) is 43.5 Å². The predicted molar refractivity (Wildman–Crippen MR) is 97.5 cm³/mol. The second-order valence-corrected chi connectivity index (χ2v) is 6.28. The molecule has 0 aromatic heterocycles. The Balaban J connectivity index is 2.12. The molecule has 0 aliphatic rings. The number of benzene rings is 2. The molecule has 2 aromatic rings. The zero-order chi connectivity index (χ0) is 18.4. The number of hydrogen-bond acceptors (Lipinski definition) is 3. The lowest BCUT2D eigenvalue weighted by molar-refractivity contribution is -0.140. The highest BCUT2D eigenvalue weighted by molar-refractivity contribution is 6.42. The van der Waals surface area contributed by atoms with E-state index in [1.165, 1.54) is 6.07 Å². The van der Waals surface area contributed by atoms with Crippen molar-refractivity contribution < 1.29 is 19.4 Å². The zero-order valence-corrected chi connectivity index (χ0v) is 15.0. The number of carboxylic acids is 1. The van der Waals surface area contributed by atoms with Crippen LogP contribution in [0.15, 0.2) is 42.5 Å². The van der Waals surface area contributed by atoms with Crippen molar-refractivity contribution in [2.75, 3.05) is 12.4 Å². The van der Waals surface area contributed by atoms with Gasteiger partial charge in [0.05, 0.1) is 29.5 Å². The Morgan fingerprint density at radius 1 is 1.12 bits per heavy atom. The van der Waals surface area contributed by atoms with E-state index in [0.717, 1.165) is 5.56 Å². The summed E-state index contributed by atoms with van der Waals surface area (Å²) in [4.78, 5) is 23.6. The van der Waals surface area contributed by atoms with E-state index in [9.17, 15) is 9.59 Å². The van der Waals surface area contributed by atoms with Gasteiger partial charge in [-0.05, 0) is 42.3 Å². The van der Waals surface area contributed by atoms with Gasteiger partial charge in [0.15, 0.2) is 0 Å². The summed E-state index contributed by atoms with van der Waals surface area (Å²) in [5.74, 6) is -1.46. The molecule has 0 heterocycles. The minimum Gasteiger partial charge on any atom is -0.497 e. The number of carboxylic acid groups (broad SMARTS) is 1. The van der Waals surface area contributed by atoms with Gasteiger partial charge in [0.2, 0.25) is 5.91 Å². The number of amides is 1. The van der Waals surface area contributed by atoms with Crippen molar-refractivity contribution in [2.45, 2.75) is 12.8 Å². The molecular formula is C18H17Cl2NO4. The van der Waals surface area contributed by atoms with Crippen LogP contribution in [0.3, 0.4) is 0 Å². The van der Waals surface area contributed by atoms with Gasteiger partial charge >= 0.3 is 5.97 Å². The number of ether oxygens (including phenoxy) is 1. The summed E-state index contributed by atoms with van der Waals surface area (Å²) in [5.41, 5.74) is 1.31. The van der Waals surface area contributed by atoms with Gasteiger partial charge in [0.1, 0.15) is 5.75 Å². The molecule has 0 radical (unpaired) electrons. The Labute approximate surface area is 155 Å². The van der Waals surface area contributed by atoms with Gasteiger partial charge in [0, 0.05) is 5.69 Å². The molecule has 0 aliphatic heterocycles. The van der Waals surface area contributed by atoms with Crippen LogP contribution in [0.25, 0.3) is 0 Å². The summed E-state index contributed by atoms with van der Waals surface area (Å²) in [6, 6.07) is 11.8. The van der Waals surface area contributed by atoms with Crippen molar-refractivity contribution in [3.05, 3.63) is 58.1 Å². The zero-order valence-electron chi connectivity index (χ0n) is 13.5. The van der Waals surface area contributed by atoms with Gasteiger partial charge in [-0.3, -0.25) is 9.59 Å². The highest BCUT2D eigenvalue weighted by Gasteiger charge is 2.22. The number of hydrogen-bond donors (Lipinski definition) is 2. The minimum absolute atomic E-state index is 0.279. The smallest absolute Gasteiger partial charge is 0.304 e. The first-order valence-electron chi connectivity index (χ1n) is 7.49. The first-order chi connectivity index (χ1) is 11.9. The van der Waals surface area contributed by atoms with Crippen LogP contribution in [0.1, 0.15) is 12.0 Å². The largest absolute Gasteiger partial charge is 0.497 e. The standard InChI is InChI=1S/C18H17Cl2NO4/c1-25-14-5-2-11(3-6-14)8-12(9-17(22)23)18(24)21-13-4-7-15(19)16(20)10-13/h2-7,10,12H,8-9H2,1H3,(H,21,24)(H,22,23)/t12-/m0/s1. The Bertz CT molecular complexity index is 762. The van der Waals surface area contributed by atoms with Gasteiger partial charge in [-0.2, -0.15) is 0 Å². The lowest BCUT2D eigenvalue weighted by Crippen LogP contribution is -2.27. The van der Waals surface area contributed by atoms with Crippen molar-refractivity contribution in [1.29, 1.82) is 0 Å². The second kappa shape index (κ2) is 8.74. The summed E-state index contributed by atoms with van der Waals surface area (Å²) in [6.07, 6.45) is 0.0165. The lowest BCUT2D eigenvalue weighted by atomic mass is 9.95. The van der Waals surface area contributed by atoms with E-state index in [0.29, 0.717) is 27.9 Å². The number of carbonyl (C=O) groups excluding carboxylic acids is 1. The molecule has 0 aliphatic carbocycles. The average Bonchev–Trinajstić information content (AvgIpc) is 2.58. The molecule has 0 fully saturated rings. The molecular weight excluding hydrogens is 365 g/mol. The Morgan fingerprint density at radius 2 is 1.80 bits per heavy atom. The minimum atomic E-state index is -1.04. The van der Waals surface area contributed by atoms with Crippen molar-refractivity contribution in [2.24, 2.45) is 5.92 Å². The quantitative estimate of drug-likeness (QED) is 0.750. The highest BCUT2D eigenvalue weighted by Crippen LogP contribution is 2.26. The molecule has 7 heteroatoms. The van der Waals surface area contributed by atoms with Crippen LogP contribution >= 0.6 is 23.2 Å². The van der Waals surface area contributed by atoms with E-state index in [2.05, 4.69) is 5.32 Å². The van der Waals surface area contributed by atoms with Gasteiger partial charge in [0.25, 0.3) is 0 Å². The molecule has 2 N–H and O–H groups in total. The molecule has 0 saturated carbocycles. The van der Waals surface area contributed by atoms with Crippen LogP contribution in [-0.4, -0.2) is 24.1 Å². The number of nitrogens with one attached hydrogen (secondary N) is 1. The average molecular weight is 382 g/mol. The molecule has 2 rings (SSSR count). The molecule has 2 aromatic carbocycles. The third-order valence-corrected chi connectivity index (χ3v) is 4.36. The van der Waals surface area contributed by atoms with Gasteiger partial charge in [-0.1, -0.05) is 35.3 Å². The van der Waals surface area contributed by atoms with E-state index >= 15 is 0 Å². The molecule has 132 valence electrons. The van der Waals surface area contributed by atoms with Crippen LogP contribution in [0.2, 0.25) is 10.0 Å². The summed E-state index contributed by atoms with van der Waals surface area (Å²) in [7, 11) is 1.56. The summed E-state index contributed by atoms with van der Waals surface area (Å²) < 4.78 is 5.09. The van der Waals surface area contributed by atoms with Crippen molar-refractivity contribution in [3.8, 4) is 5.75 Å². The van der Waals surface area contributed by atoms with Crippen molar-refractivity contribution in [1.82, 2.24) is 0 Å². The van der Waals surface area contributed by atoms with Gasteiger partial charge < -0.3 is 15.2 Å². The normalized spacial score (nSPS) is 11.6. The maximum absolute atomic E-state index is 12.5. The first-order valence-corrected chi connectivity index (χ1v) is 8.25. The fourth-order valence-corrected chi connectivity index (χ4v) is 2.63. The molecule has 1 amide bonds. The van der Waals surface area contributed by atoms with Crippen molar-refractivity contribution >= 4 is 40.8 Å². The van der Waals surface area contributed by atoms with E-state index in [-0.39, 0.29) is 6.42 Å². The summed E-state index contributed by atoms with van der Waals surface area (Å²) >= 11 is 11.8. The molecule has 0 saturated heterocycles. The van der Waals surface area contributed by atoms with E-state index in [4.69, 9.17) is 33.0 Å². The fraction of sp³-hybridized carbons (Fsp3) is 0.222. The number of anilines is 1. The maximum atomic E-state index is 12.5. The second-order valence-electron chi connectivity index (χ2n) is 5.47. The molecule has 1 atom stereocenters. The maximum Gasteiger partial charge on any atom is 0.304 e. The first kappa shape index (κ1) is 19.1. The topological polar surface area (TPSA) is 75.6 Å². The number of carbonyl (C=O) groups is 2. The Morgan fingerprint density at radius 3 is 2.36 bits per heavy atom. The fourth-order valence-electron chi connectivity index (χ4n) is 2.33. The molecule has 0 bridgehead atoms. The molecule has 25 heavy (non-hydrogen) atoms. The third kappa shape index (κ3) is 5.66. The third-order valence-electron chi connectivity index (χ3n) is 3.62. The highest BCUT2D eigenvalue weighted by atomic mass is 35.5. The number of aliphatic carboxylic acids is 1. The van der Waals surface area contributed by atoms with E-state index in [1.807, 2.05) is 0 Å². The monoisotopic (exact) mass is 381 g/mol. The summed E-state index contributed by atoms with van der Waals surface area (Å²) in [6.45, 7) is 0. The Hall–Kier alpha value is -2.24. The van der Waals surface area contributed by atoms with Crippen LogP contribution in [0.4, 0.5) is 5.69 Å². The van der Waals surface area contributed by atoms with Crippen molar-refractivity contribution in [3.63, 3.8) is 0 Å². The van der Waals surface area contributed by atoms with Crippen LogP contribution in [-0.2, 0) is 16.0 Å².